The van der Waals surface area contributed by atoms with Gasteiger partial charge in [0.25, 0.3) is 0 Å². The molecular formula is C27H30F3N5O5. The summed E-state index contributed by atoms with van der Waals surface area (Å²) in [6.45, 7) is 4.43. The molecule has 0 bridgehead atoms. The van der Waals surface area contributed by atoms with Gasteiger partial charge in [0.15, 0.2) is 11.5 Å². The summed E-state index contributed by atoms with van der Waals surface area (Å²) >= 11 is 0. The number of amides is 3. The molecule has 1 atom stereocenters. The number of ether oxygens (including phenoxy) is 2. The van der Waals surface area contributed by atoms with Crippen LogP contribution < -0.4 is 20.1 Å². The fourth-order valence-corrected chi connectivity index (χ4v) is 5.06. The van der Waals surface area contributed by atoms with Crippen LogP contribution >= 0.6 is 0 Å². The molecule has 40 heavy (non-hydrogen) atoms. The summed E-state index contributed by atoms with van der Waals surface area (Å²) in [5.41, 5.74) is 0.181. The number of nitrogens with zero attached hydrogens (tertiary/aromatic N) is 3. The van der Waals surface area contributed by atoms with E-state index in [1.165, 1.54) is 17.0 Å². The van der Waals surface area contributed by atoms with Crippen LogP contribution in [0.2, 0.25) is 0 Å². The largest absolute Gasteiger partial charge is 0.454 e. The normalized spacial score (nSPS) is 19.8. The van der Waals surface area contributed by atoms with Crippen LogP contribution in [0.3, 0.4) is 0 Å². The standard InChI is InChI=1S/C27H30F3N5O5/c28-27(29,30)19-2-1-3-20(13-19)32-24(36)14-21-26(38)31-6-7-35(21)25(37)16-34-10-8-33(9-11-34)15-18-4-5-22-23(12-18)40-17-39-22/h1-5,12-13,21H,6-11,14-17H2,(H,31,38)(H,32,36). The van der Waals surface area contributed by atoms with Crippen LogP contribution in [-0.4, -0.2) is 91.1 Å². The van der Waals surface area contributed by atoms with E-state index in [0.717, 1.165) is 48.8 Å². The van der Waals surface area contributed by atoms with E-state index in [1.807, 2.05) is 23.1 Å². The second-order valence-corrected chi connectivity index (χ2v) is 9.96. The third-order valence-corrected chi connectivity index (χ3v) is 7.17. The van der Waals surface area contributed by atoms with Gasteiger partial charge >= 0.3 is 6.18 Å². The van der Waals surface area contributed by atoms with Gasteiger partial charge in [0.05, 0.1) is 18.5 Å². The number of alkyl halides is 3. The summed E-state index contributed by atoms with van der Waals surface area (Å²) in [4.78, 5) is 44.1. The molecule has 13 heteroatoms. The second-order valence-electron chi connectivity index (χ2n) is 9.96. The number of piperazine rings is 2. The number of carbonyl (C=O) groups excluding carboxylic acids is 3. The first-order valence-corrected chi connectivity index (χ1v) is 13.0. The first-order chi connectivity index (χ1) is 19.2. The highest BCUT2D eigenvalue weighted by molar-refractivity contribution is 5.97. The first-order valence-electron chi connectivity index (χ1n) is 13.0. The van der Waals surface area contributed by atoms with Crippen LogP contribution in [0.4, 0.5) is 18.9 Å². The number of rotatable bonds is 7. The van der Waals surface area contributed by atoms with Crippen LogP contribution in [0, 0.1) is 0 Å². The van der Waals surface area contributed by atoms with Gasteiger partial charge < -0.3 is 25.0 Å². The summed E-state index contributed by atoms with van der Waals surface area (Å²) in [5.74, 6) is 0.0925. The Morgan fingerprint density at radius 3 is 2.50 bits per heavy atom. The first kappa shape index (κ1) is 27.7. The van der Waals surface area contributed by atoms with Gasteiger partial charge in [-0.2, -0.15) is 13.2 Å². The molecule has 1 unspecified atom stereocenters. The summed E-state index contributed by atoms with van der Waals surface area (Å²) in [6.07, 6.45) is -4.91. The van der Waals surface area contributed by atoms with Crippen LogP contribution in [0.25, 0.3) is 0 Å². The highest BCUT2D eigenvalue weighted by Gasteiger charge is 2.36. The zero-order valence-corrected chi connectivity index (χ0v) is 21.7. The van der Waals surface area contributed by atoms with Crippen LogP contribution in [-0.2, 0) is 27.1 Å². The van der Waals surface area contributed by atoms with Gasteiger partial charge in [-0.3, -0.25) is 24.2 Å². The third-order valence-electron chi connectivity index (χ3n) is 7.17. The van der Waals surface area contributed by atoms with Crippen molar-refractivity contribution in [3.63, 3.8) is 0 Å². The summed E-state index contributed by atoms with van der Waals surface area (Å²) < 4.78 is 49.8. The lowest BCUT2D eigenvalue weighted by Gasteiger charge is -2.38. The predicted molar refractivity (Wildman–Crippen MR) is 137 cm³/mol. The molecule has 0 aromatic heterocycles. The molecule has 5 rings (SSSR count). The fraction of sp³-hybridized carbons (Fsp3) is 0.444. The Labute approximate surface area is 229 Å². The van der Waals surface area contributed by atoms with Crippen LogP contribution in [0.15, 0.2) is 42.5 Å². The van der Waals surface area contributed by atoms with Gasteiger partial charge in [-0.25, -0.2) is 0 Å². The van der Waals surface area contributed by atoms with E-state index in [4.69, 9.17) is 9.47 Å². The van der Waals surface area contributed by atoms with Gasteiger partial charge in [-0.15, -0.1) is 0 Å². The van der Waals surface area contributed by atoms with E-state index in [2.05, 4.69) is 15.5 Å². The average molecular weight is 562 g/mol. The molecule has 2 fully saturated rings. The molecule has 2 aromatic rings. The van der Waals surface area contributed by atoms with Crippen LogP contribution in [0.5, 0.6) is 11.5 Å². The Morgan fingerprint density at radius 2 is 1.73 bits per heavy atom. The SMILES string of the molecule is O=C(CC1C(=O)NCCN1C(=O)CN1CCN(Cc2ccc3c(c2)OCO3)CC1)Nc1cccc(C(F)(F)F)c1. The van der Waals surface area contributed by atoms with Gasteiger partial charge in [0.2, 0.25) is 24.5 Å². The van der Waals surface area contributed by atoms with Gasteiger partial charge in [-0.05, 0) is 35.9 Å². The number of carbonyl (C=O) groups is 3. The maximum absolute atomic E-state index is 13.2. The summed E-state index contributed by atoms with van der Waals surface area (Å²) in [7, 11) is 0. The van der Waals surface area contributed by atoms with Crippen molar-refractivity contribution in [2.75, 3.05) is 57.9 Å². The number of hydrogen-bond donors (Lipinski definition) is 2. The maximum Gasteiger partial charge on any atom is 0.416 e. The molecule has 10 nitrogen and oxygen atoms in total. The molecule has 0 aliphatic carbocycles. The van der Waals surface area contributed by atoms with Crippen LogP contribution in [0.1, 0.15) is 17.5 Å². The maximum atomic E-state index is 13.2. The molecule has 0 spiro atoms. The van der Waals surface area contributed by atoms with E-state index in [-0.39, 0.29) is 44.4 Å². The molecule has 214 valence electrons. The molecule has 0 saturated carbocycles. The monoisotopic (exact) mass is 561 g/mol. The molecule has 2 saturated heterocycles. The molecule has 3 amide bonds. The average Bonchev–Trinajstić information content (AvgIpc) is 3.38. The summed E-state index contributed by atoms with van der Waals surface area (Å²) in [5, 5.41) is 5.08. The van der Waals surface area contributed by atoms with E-state index in [9.17, 15) is 27.6 Å². The number of nitrogens with one attached hydrogen (secondary N) is 2. The van der Waals surface area contributed by atoms with E-state index < -0.39 is 29.6 Å². The highest BCUT2D eigenvalue weighted by Crippen LogP contribution is 2.33. The molecule has 0 radical (unpaired) electrons. The zero-order chi connectivity index (χ0) is 28.3. The minimum Gasteiger partial charge on any atom is -0.454 e. The van der Waals surface area contributed by atoms with Crippen molar-refractivity contribution in [3.8, 4) is 11.5 Å². The molecule has 3 heterocycles. The van der Waals surface area contributed by atoms with Crippen molar-refractivity contribution in [1.82, 2.24) is 20.0 Å². The van der Waals surface area contributed by atoms with Gasteiger partial charge in [0.1, 0.15) is 6.04 Å². The Kier molecular flexibility index (Phi) is 8.12. The predicted octanol–water partition coefficient (Wildman–Crippen LogP) is 1.91. The highest BCUT2D eigenvalue weighted by atomic mass is 19.4. The topological polar surface area (TPSA) is 103 Å². The van der Waals surface area contributed by atoms with E-state index in [0.29, 0.717) is 13.1 Å². The molecule has 2 N–H and O–H groups in total. The number of anilines is 1. The number of hydrogen-bond acceptors (Lipinski definition) is 7. The van der Waals surface area contributed by atoms with Crippen molar-refractivity contribution in [3.05, 3.63) is 53.6 Å². The number of benzene rings is 2. The molecule has 2 aromatic carbocycles. The Hall–Kier alpha value is -3.84. The van der Waals surface area contributed by atoms with Crippen molar-refractivity contribution in [2.45, 2.75) is 25.2 Å². The second kappa shape index (κ2) is 11.7. The fourth-order valence-electron chi connectivity index (χ4n) is 5.06. The lowest BCUT2D eigenvalue weighted by atomic mass is 10.1. The lowest BCUT2D eigenvalue weighted by molar-refractivity contribution is -0.145. The minimum atomic E-state index is -4.55. The van der Waals surface area contributed by atoms with Crippen molar-refractivity contribution in [2.24, 2.45) is 0 Å². The van der Waals surface area contributed by atoms with E-state index >= 15 is 0 Å². The Morgan fingerprint density at radius 1 is 0.975 bits per heavy atom. The van der Waals surface area contributed by atoms with Gasteiger partial charge in [-0.1, -0.05) is 12.1 Å². The lowest BCUT2D eigenvalue weighted by Crippen LogP contribution is -2.60. The quantitative estimate of drug-likeness (QED) is 0.533. The molecule has 3 aliphatic rings. The summed E-state index contributed by atoms with van der Waals surface area (Å²) in [6, 6.07) is 9.10. The zero-order valence-electron chi connectivity index (χ0n) is 21.7. The van der Waals surface area contributed by atoms with Crippen molar-refractivity contribution >= 4 is 23.4 Å². The number of halogens is 3. The van der Waals surface area contributed by atoms with Crippen molar-refractivity contribution in [1.29, 1.82) is 0 Å². The smallest absolute Gasteiger partial charge is 0.416 e. The number of fused-ring (bicyclic) bond motifs is 1. The minimum absolute atomic E-state index is 0.0347. The third kappa shape index (κ3) is 6.65. The van der Waals surface area contributed by atoms with E-state index in [1.54, 1.807) is 0 Å². The van der Waals surface area contributed by atoms with Crippen molar-refractivity contribution < 1.29 is 37.0 Å². The molecule has 3 aliphatic heterocycles. The Bertz CT molecular complexity index is 1270. The van der Waals surface area contributed by atoms with Gasteiger partial charge in [0, 0.05) is 51.5 Å². The molecular weight excluding hydrogens is 531 g/mol. The Balaban J connectivity index is 1.13.